The van der Waals surface area contributed by atoms with Gasteiger partial charge in [-0.3, -0.25) is 4.79 Å². The number of carbonyl (C=O) groups is 1. The number of nitrogens with zero attached hydrogens (tertiary/aromatic N) is 2. The van der Waals surface area contributed by atoms with E-state index in [1.165, 1.54) is 42.2 Å². The second kappa shape index (κ2) is 11.6. The number of hydrogen-bond donors (Lipinski definition) is 1. The third kappa shape index (κ3) is 6.67. The first-order chi connectivity index (χ1) is 14.9. The molecule has 2 aliphatic heterocycles. The van der Waals surface area contributed by atoms with Crippen LogP contribution < -0.4 is 5.32 Å². The van der Waals surface area contributed by atoms with Gasteiger partial charge in [-0.15, -0.1) is 0 Å². The number of rotatable bonds is 8. The van der Waals surface area contributed by atoms with E-state index in [1.54, 1.807) is 6.07 Å². The minimum atomic E-state index is -3.70. The fraction of sp³-hybridized carbons (Fsp3) is 0.696. The second-order valence-corrected chi connectivity index (χ2v) is 11.1. The van der Waals surface area contributed by atoms with E-state index in [0.29, 0.717) is 31.2 Å². The summed E-state index contributed by atoms with van der Waals surface area (Å²) in [5.41, 5.74) is 0.336. The Morgan fingerprint density at radius 2 is 1.77 bits per heavy atom. The van der Waals surface area contributed by atoms with Gasteiger partial charge in [-0.05, 0) is 76.7 Å². The van der Waals surface area contributed by atoms with Crippen molar-refractivity contribution in [1.82, 2.24) is 14.5 Å². The van der Waals surface area contributed by atoms with E-state index in [-0.39, 0.29) is 15.8 Å². The highest BCUT2D eigenvalue weighted by Crippen LogP contribution is 2.27. The summed E-state index contributed by atoms with van der Waals surface area (Å²) in [7, 11) is -3.70. The van der Waals surface area contributed by atoms with Gasteiger partial charge < -0.3 is 10.2 Å². The molecule has 2 aliphatic rings. The van der Waals surface area contributed by atoms with Crippen LogP contribution in [0.5, 0.6) is 0 Å². The summed E-state index contributed by atoms with van der Waals surface area (Å²) in [6.07, 6.45) is 9.61. The van der Waals surface area contributed by atoms with Gasteiger partial charge in [0, 0.05) is 31.2 Å². The third-order valence-corrected chi connectivity index (χ3v) is 8.85. The summed E-state index contributed by atoms with van der Waals surface area (Å²) in [5, 5.41) is 3.09. The van der Waals surface area contributed by atoms with Gasteiger partial charge in [-0.2, -0.15) is 4.31 Å². The number of carbonyl (C=O) groups excluding carboxylic acids is 1. The smallest absolute Gasteiger partial charge is 0.251 e. The monoisotopic (exact) mass is 469 g/mol. The third-order valence-electron chi connectivity index (χ3n) is 6.47. The zero-order chi connectivity index (χ0) is 22.3. The molecule has 2 saturated heterocycles. The van der Waals surface area contributed by atoms with E-state index >= 15 is 0 Å². The van der Waals surface area contributed by atoms with E-state index < -0.39 is 10.0 Å². The topological polar surface area (TPSA) is 69.7 Å². The second-order valence-electron chi connectivity index (χ2n) is 8.81. The first-order valence-electron chi connectivity index (χ1n) is 11.7. The van der Waals surface area contributed by atoms with Gasteiger partial charge in [-0.1, -0.05) is 30.9 Å². The van der Waals surface area contributed by atoms with Crippen LogP contribution in [0.1, 0.15) is 75.1 Å². The molecule has 6 nitrogen and oxygen atoms in total. The summed E-state index contributed by atoms with van der Waals surface area (Å²) in [4.78, 5) is 15.2. The Morgan fingerprint density at radius 1 is 1.06 bits per heavy atom. The maximum Gasteiger partial charge on any atom is 0.251 e. The Hall–Kier alpha value is -1.15. The number of halogens is 1. The molecular weight excluding hydrogens is 434 g/mol. The molecule has 8 heteroatoms. The predicted octanol–water partition coefficient (Wildman–Crippen LogP) is 4.29. The van der Waals surface area contributed by atoms with Crippen LogP contribution in [0.25, 0.3) is 0 Å². The van der Waals surface area contributed by atoms with Gasteiger partial charge in [0.2, 0.25) is 10.0 Å². The molecular formula is C23H36ClN3O3S. The lowest BCUT2D eigenvalue weighted by Crippen LogP contribution is -2.38. The predicted molar refractivity (Wildman–Crippen MR) is 125 cm³/mol. The Bertz CT molecular complexity index is 838. The summed E-state index contributed by atoms with van der Waals surface area (Å²) in [6, 6.07) is 5.18. The van der Waals surface area contributed by atoms with Crippen LogP contribution in [0.15, 0.2) is 23.1 Å². The molecule has 1 unspecified atom stereocenters. The molecule has 0 spiro atoms. The lowest BCUT2D eigenvalue weighted by molar-refractivity contribution is 0.0951. The van der Waals surface area contributed by atoms with Gasteiger partial charge in [0.15, 0.2) is 0 Å². The van der Waals surface area contributed by atoms with Gasteiger partial charge in [-0.25, -0.2) is 8.42 Å². The lowest BCUT2D eigenvalue weighted by Gasteiger charge is -2.33. The van der Waals surface area contributed by atoms with Crippen molar-refractivity contribution in [2.45, 2.75) is 75.6 Å². The van der Waals surface area contributed by atoms with Crippen molar-refractivity contribution in [3.63, 3.8) is 0 Å². The fourth-order valence-electron chi connectivity index (χ4n) is 4.50. The van der Waals surface area contributed by atoms with E-state index in [2.05, 4.69) is 17.1 Å². The fourth-order valence-corrected chi connectivity index (χ4v) is 6.51. The highest BCUT2D eigenvalue weighted by molar-refractivity contribution is 7.89. The molecule has 31 heavy (non-hydrogen) atoms. The van der Waals surface area contributed by atoms with Crippen molar-refractivity contribution >= 4 is 27.5 Å². The summed E-state index contributed by atoms with van der Waals surface area (Å²) < 4.78 is 27.7. The molecule has 0 radical (unpaired) electrons. The Morgan fingerprint density at radius 3 is 2.48 bits per heavy atom. The molecule has 1 atom stereocenters. The molecule has 1 N–H and O–H groups in total. The van der Waals surface area contributed by atoms with Crippen molar-refractivity contribution in [3.05, 3.63) is 28.8 Å². The molecule has 0 aromatic heterocycles. The normalized spacial score (nSPS) is 21.5. The number of benzene rings is 1. The lowest BCUT2D eigenvalue weighted by atomic mass is 10.0. The molecule has 0 saturated carbocycles. The van der Waals surface area contributed by atoms with E-state index in [1.807, 2.05) is 0 Å². The molecule has 174 valence electrons. The molecule has 1 aromatic rings. The number of hydrogen-bond acceptors (Lipinski definition) is 4. The van der Waals surface area contributed by atoms with E-state index in [4.69, 9.17) is 11.6 Å². The number of amides is 1. The zero-order valence-corrected chi connectivity index (χ0v) is 20.2. The largest absolute Gasteiger partial charge is 0.352 e. The molecule has 2 fully saturated rings. The SMILES string of the molecule is CC1CCCCN1CCCCNC(=O)c1ccc(Cl)c(S(=O)(=O)N2CCCCCC2)c1. The van der Waals surface area contributed by atoms with Gasteiger partial charge >= 0.3 is 0 Å². The van der Waals surface area contributed by atoms with E-state index in [9.17, 15) is 13.2 Å². The first kappa shape index (κ1) is 24.5. The van der Waals surface area contributed by atoms with Crippen LogP contribution >= 0.6 is 11.6 Å². The van der Waals surface area contributed by atoms with Crippen molar-refractivity contribution in [2.24, 2.45) is 0 Å². The van der Waals surface area contributed by atoms with Crippen LogP contribution in [0, 0.1) is 0 Å². The highest BCUT2D eigenvalue weighted by Gasteiger charge is 2.28. The molecule has 1 aromatic carbocycles. The van der Waals surface area contributed by atoms with Gasteiger partial charge in [0.1, 0.15) is 4.90 Å². The van der Waals surface area contributed by atoms with Gasteiger partial charge in [0.05, 0.1) is 5.02 Å². The maximum atomic E-state index is 13.1. The Balaban J connectivity index is 1.54. The number of piperidine rings is 1. The highest BCUT2D eigenvalue weighted by atomic mass is 35.5. The van der Waals surface area contributed by atoms with Crippen molar-refractivity contribution < 1.29 is 13.2 Å². The average Bonchev–Trinajstić information content (AvgIpc) is 3.05. The molecule has 3 rings (SSSR count). The van der Waals surface area contributed by atoms with Crippen LogP contribution in [0.4, 0.5) is 0 Å². The number of nitrogens with one attached hydrogen (secondary N) is 1. The van der Waals surface area contributed by atoms with Crippen LogP contribution in [0.3, 0.4) is 0 Å². The summed E-state index contributed by atoms with van der Waals surface area (Å²) in [5.74, 6) is -0.254. The Kier molecular flexibility index (Phi) is 9.19. The maximum absolute atomic E-state index is 13.1. The minimum absolute atomic E-state index is 0.0304. The molecule has 0 aliphatic carbocycles. The van der Waals surface area contributed by atoms with Gasteiger partial charge in [0.25, 0.3) is 5.91 Å². The van der Waals surface area contributed by atoms with Crippen molar-refractivity contribution in [1.29, 1.82) is 0 Å². The quantitative estimate of drug-likeness (QED) is 0.576. The van der Waals surface area contributed by atoms with Crippen LogP contribution in [-0.4, -0.2) is 62.3 Å². The van der Waals surface area contributed by atoms with Crippen LogP contribution in [-0.2, 0) is 10.0 Å². The molecule has 0 bridgehead atoms. The number of unbranched alkanes of at least 4 members (excludes halogenated alkanes) is 1. The number of likely N-dealkylation sites (tertiary alicyclic amines) is 1. The van der Waals surface area contributed by atoms with Crippen LogP contribution in [0.2, 0.25) is 5.02 Å². The van der Waals surface area contributed by atoms with E-state index in [0.717, 1.165) is 45.1 Å². The standard InChI is InChI=1S/C23H36ClN3O3S/c1-19-10-4-8-14-26(19)15-9-5-13-25-23(28)20-11-12-21(24)22(18-20)31(29,30)27-16-6-2-3-7-17-27/h11-12,18-19H,2-10,13-17H2,1H3,(H,25,28). The first-order valence-corrected chi connectivity index (χ1v) is 13.5. The minimum Gasteiger partial charge on any atom is -0.352 e. The number of sulfonamides is 1. The summed E-state index contributed by atoms with van der Waals surface area (Å²) in [6.45, 7) is 6.12. The molecule has 2 heterocycles. The zero-order valence-electron chi connectivity index (χ0n) is 18.6. The van der Waals surface area contributed by atoms with Crippen molar-refractivity contribution in [2.75, 3.05) is 32.7 Å². The molecule has 1 amide bonds. The van der Waals surface area contributed by atoms with Crippen molar-refractivity contribution in [3.8, 4) is 0 Å². The average molecular weight is 470 g/mol. The Labute approximate surface area is 192 Å². The summed E-state index contributed by atoms with van der Waals surface area (Å²) >= 11 is 6.23.